The van der Waals surface area contributed by atoms with Gasteiger partial charge in [-0.25, -0.2) is 12.8 Å². The van der Waals surface area contributed by atoms with Crippen LogP contribution in [0, 0.1) is 12.7 Å². The van der Waals surface area contributed by atoms with Gasteiger partial charge >= 0.3 is 6.18 Å². The highest BCUT2D eigenvalue weighted by molar-refractivity contribution is 7.89. The first-order valence-corrected chi connectivity index (χ1v) is 8.77. The van der Waals surface area contributed by atoms with Crippen LogP contribution in [0.5, 0.6) is 0 Å². The molecule has 0 aliphatic heterocycles. The van der Waals surface area contributed by atoms with E-state index in [0.29, 0.717) is 9.87 Å². The Balaban J connectivity index is 2.59. The summed E-state index contributed by atoms with van der Waals surface area (Å²) in [6, 6.07) is 2.41. The summed E-state index contributed by atoms with van der Waals surface area (Å²) in [6.45, 7) is 2.48. The molecule has 0 N–H and O–H groups in total. The first-order chi connectivity index (χ1) is 11.6. The van der Waals surface area contributed by atoms with Crippen molar-refractivity contribution >= 4 is 10.0 Å². The lowest BCUT2D eigenvalue weighted by Gasteiger charge is -2.31. The molecule has 0 aliphatic rings. The summed E-state index contributed by atoms with van der Waals surface area (Å²) < 4.78 is 79.9. The van der Waals surface area contributed by atoms with Gasteiger partial charge in [-0.15, -0.1) is 0 Å². The van der Waals surface area contributed by atoms with Crippen molar-refractivity contribution in [2.75, 3.05) is 6.54 Å². The van der Waals surface area contributed by atoms with Gasteiger partial charge in [0.25, 0.3) is 0 Å². The molecule has 2 rings (SSSR count). The minimum Gasteiger partial charge on any atom is -0.263 e. The van der Waals surface area contributed by atoms with Gasteiger partial charge < -0.3 is 0 Å². The summed E-state index contributed by atoms with van der Waals surface area (Å²) >= 11 is 0. The molecule has 2 aromatic rings. The summed E-state index contributed by atoms with van der Waals surface area (Å²) in [7, 11) is -4.46. The fourth-order valence-electron chi connectivity index (χ4n) is 2.46. The van der Waals surface area contributed by atoms with E-state index in [-0.39, 0.29) is 10.5 Å². The number of rotatable bonds is 5. The molecule has 0 spiro atoms. The number of halogens is 4. The molecule has 1 heterocycles. The molecule has 4 nitrogen and oxygen atoms in total. The third-order valence-corrected chi connectivity index (χ3v) is 5.46. The highest BCUT2D eigenvalue weighted by atomic mass is 32.2. The van der Waals surface area contributed by atoms with Gasteiger partial charge in [-0.1, -0.05) is 19.1 Å². The summed E-state index contributed by atoms with van der Waals surface area (Å²) in [4.78, 5) is 3.41. The van der Waals surface area contributed by atoms with Gasteiger partial charge in [-0.3, -0.25) is 4.98 Å². The van der Waals surface area contributed by atoms with E-state index < -0.39 is 34.6 Å². The Bertz CT molecular complexity index is 836. The summed E-state index contributed by atoms with van der Waals surface area (Å²) in [5.74, 6) is -0.710. The van der Waals surface area contributed by atoms with Crippen LogP contribution in [0.4, 0.5) is 17.6 Å². The second-order valence-corrected chi connectivity index (χ2v) is 7.29. The molecule has 0 bridgehead atoms. The van der Waals surface area contributed by atoms with Gasteiger partial charge in [-0.2, -0.15) is 17.5 Å². The maximum absolute atomic E-state index is 13.7. The average molecular weight is 376 g/mol. The van der Waals surface area contributed by atoms with Gasteiger partial charge in [0.1, 0.15) is 16.8 Å². The van der Waals surface area contributed by atoms with Crippen molar-refractivity contribution in [2.24, 2.45) is 0 Å². The van der Waals surface area contributed by atoms with E-state index in [1.165, 1.54) is 19.2 Å². The van der Waals surface area contributed by atoms with Crippen molar-refractivity contribution in [3.63, 3.8) is 0 Å². The number of benzene rings is 1. The molecule has 0 aliphatic carbocycles. The van der Waals surface area contributed by atoms with Crippen LogP contribution >= 0.6 is 0 Å². The molecule has 1 unspecified atom stereocenters. The Morgan fingerprint density at radius 2 is 1.76 bits per heavy atom. The molecule has 1 aromatic heterocycles. The molecule has 25 heavy (non-hydrogen) atoms. The Hall–Kier alpha value is -2.00. The molecule has 1 atom stereocenters. The van der Waals surface area contributed by atoms with Crippen LogP contribution in [0.25, 0.3) is 0 Å². The quantitative estimate of drug-likeness (QED) is 0.745. The number of pyridine rings is 1. The predicted octanol–water partition coefficient (Wildman–Crippen LogP) is 3.84. The molecular weight excluding hydrogens is 360 g/mol. The number of aryl methyl sites for hydroxylation is 1. The van der Waals surface area contributed by atoms with E-state index in [1.807, 2.05) is 0 Å². The molecule has 136 valence electrons. The maximum Gasteiger partial charge on any atom is 0.409 e. The topological polar surface area (TPSA) is 50.3 Å². The van der Waals surface area contributed by atoms with Crippen molar-refractivity contribution < 1.29 is 26.0 Å². The number of hydrogen-bond donors (Lipinski definition) is 0. The third kappa shape index (κ3) is 4.16. The zero-order chi connectivity index (χ0) is 18.8. The van der Waals surface area contributed by atoms with Gasteiger partial charge in [0.15, 0.2) is 0 Å². The summed E-state index contributed by atoms with van der Waals surface area (Å²) in [5.41, 5.74) is 0.141. The van der Waals surface area contributed by atoms with Crippen molar-refractivity contribution in [3.05, 3.63) is 59.7 Å². The first-order valence-electron chi connectivity index (χ1n) is 7.33. The number of sulfonamides is 1. The molecule has 1 aromatic carbocycles. The zero-order valence-electron chi connectivity index (χ0n) is 13.5. The van der Waals surface area contributed by atoms with Crippen LogP contribution < -0.4 is 0 Å². The van der Waals surface area contributed by atoms with Gasteiger partial charge in [0.2, 0.25) is 10.0 Å². The Labute approximate surface area is 143 Å². The Morgan fingerprint density at radius 3 is 2.24 bits per heavy atom. The summed E-state index contributed by atoms with van der Waals surface area (Å²) in [5, 5.41) is 0. The first kappa shape index (κ1) is 19.3. The number of alkyl halides is 3. The number of aromatic nitrogens is 1. The van der Waals surface area contributed by atoms with E-state index >= 15 is 0 Å². The van der Waals surface area contributed by atoms with Gasteiger partial charge in [0, 0.05) is 18.9 Å². The van der Waals surface area contributed by atoms with Crippen molar-refractivity contribution in [2.45, 2.75) is 31.0 Å². The van der Waals surface area contributed by atoms with Crippen molar-refractivity contribution in [1.29, 1.82) is 0 Å². The second-order valence-electron chi connectivity index (χ2n) is 5.40. The van der Waals surface area contributed by atoms with E-state index in [4.69, 9.17) is 0 Å². The third-order valence-electron chi connectivity index (χ3n) is 3.55. The highest BCUT2D eigenvalue weighted by Gasteiger charge is 2.48. The van der Waals surface area contributed by atoms with E-state index in [2.05, 4.69) is 4.98 Å². The lowest BCUT2D eigenvalue weighted by atomic mass is 10.1. The fourth-order valence-corrected chi connectivity index (χ4v) is 4.12. The fraction of sp³-hybridized carbons (Fsp3) is 0.312. The minimum atomic E-state index is -4.88. The monoisotopic (exact) mass is 376 g/mol. The molecular formula is C16H16F4N2O2S. The second kappa shape index (κ2) is 7.09. The number of hydrogen-bond acceptors (Lipinski definition) is 3. The SMILES string of the molecule is CCN(C(c1ccc(F)cc1)C(F)(F)F)S(=O)(=O)c1cncc(C)c1. The van der Waals surface area contributed by atoms with E-state index in [0.717, 1.165) is 30.5 Å². The van der Waals surface area contributed by atoms with E-state index in [1.54, 1.807) is 6.92 Å². The largest absolute Gasteiger partial charge is 0.409 e. The van der Waals surface area contributed by atoms with Crippen LogP contribution in [0.15, 0.2) is 47.6 Å². The smallest absolute Gasteiger partial charge is 0.263 e. The lowest BCUT2D eigenvalue weighted by molar-refractivity contribution is -0.173. The summed E-state index contributed by atoms with van der Waals surface area (Å²) in [6.07, 6.45) is -2.47. The molecule has 0 radical (unpaired) electrons. The minimum absolute atomic E-state index is 0.328. The maximum atomic E-state index is 13.7. The predicted molar refractivity (Wildman–Crippen MR) is 83.7 cm³/mol. The van der Waals surface area contributed by atoms with Crippen LogP contribution in [-0.2, 0) is 10.0 Å². The highest BCUT2D eigenvalue weighted by Crippen LogP contribution is 2.40. The van der Waals surface area contributed by atoms with E-state index in [9.17, 15) is 26.0 Å². The van der Waals surface area contributed by atoms with Crippen LogP contribution in [-0.4, -0.2) is 30.4 Å². The van der Waals surface area contributed by atoms with Crippen molar-refractivity contribution in [3.8, 4) is 0 Å². The normalized spacial score (nSPS) is 13.9. The molecule has 0 fully saturated rings. The standard InChI is InChI=1S/C16H16F4N2O2S/c1-3-22(25(23,24)14-8-11(2)9-21-10-14)15(16(18,19)20)12-4-6-13(17)7-5-12/h4-10,15H,3H2,1-2H3. The number of nitrogens with zero attached hydrogens (tertiary/aromatic N) is 2. The molecule has 9 heteroatoms. The van der Waals surface area contributed by atoms with Crippen LogP contribution in [0.3, 0.4) is 0 Å². The Kier molecular flexibility index (Phi) is 5.48. The molecule has 0 saturated carbocycles. The van der Waals surface area contributed by atoms with Crippen molar-refractivity contribution in [1.82, 2.24) is 9.29 Å². The Morgan fingerprint density at radius 1 is 1.16 bits per heavy atom. The van der Waals surface area contributed by atoms with Crippen LogP contribution in [0.2, 0.25) is 0 Å². The molecule has 0 amide bonds. The van der Waals surface area contributed by atoms with Crippen LogP contribution in [0.1, 0.15) is 24.1 Å². The lowest BCUT2D eigenvalue weighted by Crippen LogP contribution is -2.42. The van der Waals surface area contributed by atoms with Gasteiger partial charge in [0.05, 0.1) is 0 Å². The van der Waals surface area contributed by atoms with Gasteiger partial charge in [-0.05, 0) is 36.2 Å². The zero-order valence-corrected chi connectivity index (χ0v) is 14.3. The average Bonchev–Trinajstić information content (AvgIpc) is 2.52. The molecule has 0 saturated heterocycles.